The van der Waals surface area contributed by atoms with Crippen LogP contribution in [0.25, 0.3) is 0 Å². The molecule has 0 amide bonds. The van der Waals surface area contributed by atoms with Crippen LogP contribution in [0, 0.1) is 18.3 Å². The third-order valence-electron chi connectivity index (χ3n) is 1.84. The normalized spacial score (nSPS) is 10.1. The topological polar surface area (TPSA) is 65.4 Å². The number of aryl methyl sites for hydroxylation is 1. The van der Waals surface area contributed by atoms with Crippen LogP contribution in [-0.4, -0.2) is 15.2 Å². The van der Waals surface area contributed by atoms with E-state index in [-0.39, 0.29) is 0 Å². The third-order valence-corrected chi connectivity index (χ3v) is 3.27. The third kappa shape index (κ3) is 2.43. The zero-order valence-electron chi connectivity index (χ0n) is 8.36. The molecule has 0 aliphatic heterocycles. The Morgan fingerprint density at radius 1 is 1.50 bits per heavy atom. The molecule has 1 aromatic carbocycles. The van der Waals surface area contributed by atoms with Crippen molar-refractivity contribution in [1.29, 1.82) is 5.26 Å². The smallest absolute Gasteiger partial charge is 0.213 e. The molecule has 4 nitrogen and oxygen atoms in total. The Kier molecular flexibility index (Phi) is 3.27. The van der Waals surface area contributed by atoms with Gasteiger partial charge in [-0.1, -0.05) is 15.9 Å². The lowest BCUT2D eigenvalue weighted by atomic mass is 10.2. The number of nitrogens with one attached hydrogen (secondary N) is 1. The van der Waals surface area contributed by atoms with Gasteiger partial charge in [-0.3, -0.25) is 5.10 Å². The predicted molar refractivity (Wildman–Crippen MR) is 64.1 cm³/mol. The van der Waals surface area contributed by atoms with Crippen molar-refractivity contribution in [3.05, 3.63) is 34.1 Å². The molecule has 0 saturated heterocycles. The van der Waals surface area contributed by atoms with Crippen molar-refractivity contribution in [3.63, 3.8) is 0 Å². The highest BCUT2D eigenvalue weighted by molar-refractivity contribution is 9.10. The Balaban J connectivity index is 2.31. The maximum absolute atomic E-state index is 8.99. The first kappa shape index (κ1) is 11.2. The second-order valence-corrected chi connectivity index (χ2v) is 4.98. The van der Waals surface area contributed by atoms with Crippen LogP contribution in [0.1, 0.15) is 11.4 Å². The van der Waals surface area contributed by atoms with Gasteiger partial charge in [-0.2, -0.15) is 5.26 Å². The van der Waals surface area contributed by atoms with Crippen molar-refractivity contribution in [3.8, 4) is 6.07 Å². The maximum atomic E-state index is 8.99. The summed E-state index contributed by atoms with van der Waals surface area (Å²) < 4.78 is 0.888. The average Bonchev–Trinajstić information content (AvgIpc) is 2.67. The lowest BCUT2D eigenvalue weighted by Gasteiger charge is -2.00. The summed E-state index contributed by atoms with van der Waals surface area (Å²) in [4.78, 5) is 5.03. The summed E-state index contributed by atoms with van der Waals surface area (Å²) in [5, 5.41) is 16.4. The molecule has 16 heavy (non-hydrogen) atoms. The van der Waals surface area contributed by atoms with Crippen molar-refractivity contribution in [2.45, 2.75) is 17.0 Å². The number of rotatable bonds is 2. The van der Waals surface area contributed by atoms with Gasteiger partial charge in [0.1, 0.15) is 11.9 Å². The molecule has 0 unspecified atom stereocenters. The molecule has 6 heteroatoms. The van der Waals surface area contributed by atoms with E-state index < -0.39 is 0 Å². The number of aromatic amines is 1. The van der Waals surface area contributed by atoms with Crippen molar-refractivity contribution in [1.82, 2.24) is 15.2 Å². The molecule has 0 aliphatic carbocycles. The van der Waals surface area contributed by atoms with E-state index in [9.17, 15) is 0 Å². The monoisotopic (exact) mass is 294 g/mol. The molecule has 2 rings (SSSR count). The van der Waals surface area contributed by atoms with Gasteiger partial charge >= 0.3 is 0 Å². The Bertz CT molecular complexity index is 558. The van der Waals surface area contributed by atoms with E-state index in [2.05, 4.69) is 37.2 Å². The summed E-state index contributed by atoms with van der Waals surface area (Å²) in [6.45, 7) is 1.84. The highest BCUT2D eigenvalue weighted by Gasteiger charge is 2.07. The zero-order chi connectivity index (χ0) is 11.5. The molecule has 0 fully saturated rings. The highest BCUT2D eigenvalue weighted by Crippen LogP contribution is 2.29. The van der Waals surface area contributed by atoms with Gasteiger partial charge in [-0.05, 0) is 36.9 Å². The van der Waals surface area contributed by atoms with Gasteiger partial charge in [0.2, 0.25) is 5.16 Å². The summed E-state index contributed by atoms with van der Waals surface area (Å²) >= 11 is 4.70. The molecule has 0 saturated carbocycles. The summed E-state index contributed by atoms with van der Waals surface area (Å²) in [6.07, 6.45) is 0. The molecule has 1 aromatic heterocycles. The van der Waals surface area contributed by atoms with E-state index in [0.717, 1.165) is 15.2 Å². The first-order chi connectivity index (χ1) is 7.69. The first-order valence-electron chi connectivity index (χ1n) is 4.45. The van der Waals surface area contributed by atoms with E-state index in [1.165, 1.54) is 11.8 Å². The molecule has 1 heterocycles. The number of benzene rings is 1. The molecule has 0 bridgehead atoms. The average molecular weight is 295 g/mol. The van der Waals surface area contributed by atoms with Gasteiger partial charge < -0.3 is 0 Å². The molecule has 1 N–H and O–H groups in total. The predicted octanol–water partition coefficient (Wildman–Crippen LogP) is 2.90. The van der Waals surface area contributed by atoms with Gasteiger partial charge in [0, 0.05) is 9.37 Å². The van der Waals surface area contributed by atoms with Crippen LogP contribution in [0.4, 0.5) is 0 Å². The van der Waals surface area contributed by atoms with E-state index in [1.807, 2.05) is 19.1 Å². The van der Waals surface area contributed by atoms with Crippen LogP contribution >= 0.6 is 27.7 Å². The Labute approximate surface area is 105 Å². The first-order valence-corrected chi connectivity index (χ1v) is 6.06. The molecular formula is C10H7BrN4S. The standard InChI is InChI=1S/C10H7BrN4S/c1-6-13-10(15-14-6)16-9-3-2-8(11)4-7(9)5-12/h2-4H,1H3,(H,13,14,15). The summed E-state index contributed by atoms with van der Waals surface area (Å²) in [7, 11) is 0. The van der Waals surface area contributed by atoms with Crippen molar-refractivity contribution in [2.24, 2.45) is 0 Å². The van der Waals surface area contributed by atoms with Crippen LogP contribution in [-0.2, 0) is 0 Å². The number of nitrogens with zero attached hydrogens (tertiary/aromatic N) is 3. The second kappa shape index (κ2) is 4.68. The maximum Gasteiger partial charge on any atom is 0.213 e. The van der Waals surface area contributed by atoms with Gasteiger partial charge in [0.25, 0.3) is 0 Å². The SMILES string of the molecule is Cc1nc(Sc2ccc(Br)cc2C#N)n[nH]1. The van der Waals surface area contributed by atoms with Crippen molar-refractivity contribution >= 4 is 27.7 Å². The van der Waals surface area contributed by atoms with Crippen LogP contribution in [0.15, 0.2) is 32.7 Å². The Morgan fingerprint density at radius 2 is 2.31 bits per heavy atom. The van der Waals surface area contributed by atoms with E-state index in [1.54, 1.807) is 6.07 Å². The summed E-state index contributed by atoms with van der Waals surface area (Å²) in [5.74, 6) is 0.762. The second-order valence-electron chi connectivity index (χ2n) is 3.06. The van der Waals surface area contributed by atoms with Crippen LogP contribution < -0.4 is 0 Å². The summed E-state index contributed by atoms with van der Waals surface area (Å²) in [6, 6.07) is 7.69. The largest absolute Gasteiger partial charge is 0.262 e. The number of aromatic nitrogens is 3. The minimum absolute atomic E-state index is 0.613. The summed E-state index contributed by atoms with van der Waals surface area (Å²) in [5.41, 5.74) is 0.613. The lowest BCUT2D eigenvalue weighted by Crippen LogP contribution is -1.83. The molecular weight excluding hydrogens is 288 g/mol. The minimum Gasteiger partial charge on any atom is -0.262 e. The van der Waals surface area contributed by atoms with E-state index >= 15 is 0 Å². The van der Waals surface area contributed by atoms with Gasteiger partial charge in [0.15, 0.2) is 0 Å². The van der Waals surface area contributed by atoms with Gasteiger partial charge in [-0.25, -0.2) is 4.98 Å². The van der Waals surface area contributed by atoms with E-state index in [0.29, 0.717) is 10.7 Å². The van der Waals surface area contributed by atoms with E-state index in [4.69, 9.17) is 5.26 Å². The zero-order valence-corrected chi connectivity index (χ0v) is 10.8. The van der Waals surface area contributed by atoms with Gasteiger partial charge in [0.05, 0.1) is 5.56 Å². The van der Waals surface area contributed by atoms with Crippen LogP contribution in [0.3, 0.4) is 0 Å². The Hall–Kier alpha value is -1.32. The number of H-pyrrole nitrogens is 1. The molecule has 2 aromatic rings. The molecule has 80 valence electrons. The molecule has 0 spiro atoms. The number of nitriles is 1. The molecule has 0 radical (unpaired) electrons. The van der Waals surface area contributed by atoms with Crippen molar-refractivity contribution < 1.29 is 0 Å². The lowest BCUT2D eigenvalue weighted by molar-refractivity contribution is 0.969. The number of hydrogen-bond donors (Lipinski definition) is 1. The van der Waals surface area contributed by atoms with Crippen LogP contribution in [0.5, 0.6) is 0 Å². The van der Waals surface area contributed by atoms with Crippen molar-refractivity contribution in [2.75, 3.05) is 0 Å². The molecule has 0 atom stereocenters. The highest BCUT2D eigenvalue weighted by atomic mass is 79.9. The quantitative estimate of drug-likeness (QED) is 0.925. The fraction of sp³-hybridized carbons (Fsp3) is 0.100. The van der Waals surface area contributed by atoms with Gasteiger partial charge in [-0.15, -0.1) is 5.10 Å². The molecule has 0 aliphatic rings. The number of halogens is 1. The number of hydrogen-bond acceptors (Lipinski definition) is 4. The Morgan fingerprint density at radius 3 is 2.94 bits per heavy atom. The minimum atomic E-state index is 0.613. The fourth-order valence-electron chi connectivity index (χ4n) is 1.14. The van der Waals surface area contributed by atoms with Crippen LogP contribution in [0.2, 0.25) is 0 Å². The fourth-order valence-corrected chi connectivity index (χ4v) is 2.33.